The van der Waals surface area contributed by atoms with Gasteiger partial charge in [0.2, 0.25) is 0 Å². The number of nitrogens with zero attached hydrogens (tertiary/aromatic N) is 1. The van der Waals surface area contributed by atoms with Crippen LogP contribution in [0, 0.1) is 20.0 Å². The van der Waals surface area contributed by atoms with Crippen molar-refractivity contribution in [2.24, 2.45) is 0 Å². The summed E-state index contributed by atoms with van der Waals surface area (Å²) in [6, 6.07) is 10.4. The molecule has 1 aromatic heterocycles. The summed E-state index contributed by atoms with van der Waals surface area (Å²) in [6.07, 6.45) is 4.62. The van der Waals surface area contributed by atoms with Crippen LogP contribution < -0.4 is 0 Å². The predicted octanol–water partition coefficient (Wildman–Crippen LogP) is 3.17. The maximum atomic E-state index is 4.00. The maximum Gasteiger partial charge on any atom is 0.0886 e. The van der Waals surface area contributed by atoms with Crippen molar-refractivity contribution in [3.63, 3.8) is 0 Å². The Balaban J connectivity index is 2.52. The van der Waals surface area contributed by atoms with Crippen molar-refractivity contribution in [2.45, 2.75) is 13.8 Å². The van der Waals surface area contributed by atoms with Gasteiger partial charge in [0.05, 0.1) is 6.20 Å². The lowest BCUT2D eigenvalue weighted by molar-refractivity contribution is 1.30. The standard InChI is InChI=1S/C13H12N/c1-10-6-11(2)8-13(7-10)12-4-3-5-14-9-12/h3-4,6-9H,1-2H3. The van der Waals surface area contributed by atoms with Crippen LogP contribution in [0.2, 0.25) is 0 Å². The second kappa shape index (κ2) is 3.62. The van der Waals surface area contributed by atoms with E-state index in [1.54, 1.807) is 0 Å². The summed E-state index contributed by atoms with van der Waals surface area (Å²) in [4.78, 5) is 4.00. The molecule has 1 aromatic carbocycles. The number of aryl methyl sites for hydroxylation is 2. The predicted molar refractivity (Wildman–Crippen MR) is 58.0 cm³/mol. The van der Waals surface area contributed by atoms with Crippen LogP contribution in [-0.4, -0.2) is 4.98 Å². The van der Waals surface area contributed by atoms with Crippen molar-refractivity contribution >= 4 is 0 Å². The van der Waals surface area contributed by atoms with Crippen molar-refractivity contribution in [1.29, 1.82) is 0 Å². The number of hydrogen-bond acceptors (Lipinski definition) is 1. The Labute approximate surface area is 84.4 Å². The van der Waals surface area contributed by atoms with E-state index in [-0.39, 0.29) is 0 Å². The SMILES string of the molecule is Cc1cc(C)cc(-c2cc[c]nc2)c1. The molecule has 0 fully saturated rings. The summed E-state index contributed by atoms with van der Waals surface area (Å²) < 4.78 is 0. The zero-order valence-electron chi connectivity index (χ0n) is 8.41. The molecule has 0 amide bonds. The fourth-order valence-electron chi connectivity index (χ4n) is 1.63. The number of aromatic nitrogens is 1. The molecule has 0 saturated carbocycles. The minimum atomic E-state index is 1.15. The van der Waals surface area contributed by atoms with E-state index in [1.165, 1.54) is 16.7 Å². The highest BCUT2D eigenvalue weighted by Gasteiger charge is 1.98. The zero-order chi connectivity index (χ0) is 9.97. The highest BCUT2D eigenvalue weighted by molar-refractivity contribution is 5.63. The van der Waals surface area contributed by atoms with Crippen LogP contribution in [0.15, 0.2) is 36.5 Å². The van der Waals surface area contributed by atoms with Gasteiger partial charge in [-0.05, 0) is 25.5 Å². The van der Waals surface area contributed by atoms with Gasteiger partial charge < -0.3 is 0 Å². The summed E-state index contributed by atoms with van der Waals surface area (Å²) in [6.45, 7) is 4.22. The Hall–Kier alpha value is -1.63. The Morgan fingerprint density at radius 1 is 1.00 bits per heavy atom. The number of benzene rings is 1. The van der Waals surface area contributed by atoms with Crippen molar-refractivity contribution in [2.75, 3.05) is 0 Å². The van der Waals surface area contributed by atoms with Crippen LogP contribution in [0.4, 0.5) is 0 Å². The lowest BCUT2D eigenvalue weighted by Crippen LogP contribution is -1.83. The van der Waals surface area contributed by atoms with Crippen molar-refractivity contribution < 1.29 is 0 Å². The minimum absolute atomic E-state index is 1.15. The summed E-state index contributed by atoms with van der Waals surface area (Å²) >= 11 is 0. The second-order valence-corrected chi connectivity index (χ2v) is 3.55. The average molecular weight is 182 g/mol. The molecule has 1 nitrogen and oxygen atoms in total. The maximum absolute atomic E-state index is 4.00. The Bertz CT molecular complexity index is 412. The monoisotopic (exact) mass is 182 g/mol. The first-order valence-electron chi connectivity index (χ1n) is 4.66. The Morgan fingerprint density at radius 3 is 2.29 bits per heavy atom. The number of hydrogen-bond donors (Lipinski definition) is 0. The first-order chi connectivity index (χ1) is 6.75. The molecule has 14 heavy (non-hydrogen) atoms. The number of pyridine rings is 1. The van der Waals surface area contributed by atoms with E-state index in [0.29, 0.717) is 0 Å². The summed E-state index contributed by atoms with van der Waals surface area (Å²) in [5.74, 6) is 0. The molecule has 1 heterocycles. The highest BCUT2D eigenvalue weighted by Crippen LogP contribution is 2.20. The van der Waals surface area contributed by atoms with Gasteiger partial charge in [-0.2, -0.15) is 0 Å². The molecular formula is C13H12N. The van der Waals surface area contributed by atoms with Gasteiger partial charge in [0.15, 0.2) is 0 Å². The third kappa shape index (κ3) is 1.82. The lowest BCUT2D eigenvalue weighted by atomic mass is 10.0. The van der Waals surface area contributed by atoms with Crippen LogP contribution >= 0.6 is 0 Å². The molecule has 1 radical (unpaired) electrons. The van der Waals surface area contributed by atoms with E-state index in [1.807, 2.05) is 18.3 Å². The third-order valence-electron chi connectivity index (χ3n) is 2.17. The van der Waals surface area contributed by atoms with Crippen LogP contribution in [0.25, 0.3) is 11.1 Å². The molecule has 1 heteroatoms. The molecule has 0 aliphatic carbocycles. The first-order valence-corrected chi connectivity index (χ1v) is 4.66. The van der Waals surface area contributed by atoms with Crippen LogP contribution in [0.5, 0.6) is 0 Å². The average Bonchev–Trinajstić information content (AvgIpc) is 2.18. The molecule has 0 saturated heterocycles. The van der Waals surface area contributed by atoms with Crippen molar-refractivity contribution in [3.8, 4) is 11.1 Å². The molecule has 0 aliphatic heterocycles. The Kier molecular flexibility index (Phi) is 2.32. The van der Waals surface area contributed by atoms with Gasteiger partial charge in [0.25, 0.3) is 0 Å². The van der Waals surface area contributed by atoms with Gasteiger partial charge in [-0.1, -0.05) is 35.4 Å². The molecule has 0 aliphatic rings. The van der Waals surface area contributed by atoms with Gasteiger partial charge in [0.1, 0.15) is 0 Å². The van der Waals surface area contributed by atoms with E-state index in [4.69, 9.17) is 0 Å². The largest absolute Gasteiger partial charge is 0.254 e. The van der Waals surface area contributed by atoms with Gasteiger partial charge in [-0.25, -0.2) is 0 Å². The zero-order valence-corrected chi connectivity index (χ0v) is 8.41. The van der Waals surface area contributed by atoms with Gasteiger partial charge >= 0.3 is 0 Å². The fourth-order valence-corrected chi connectivity index (χ4v) is 1.63. The van der Waals surface area contributed by atoms with Crippen LogP contribution in [0.3, 0.4) is 0 Å². The molecular weight excluding hydrogens is 170 g/mol. The molecule has 0 atom stereocenters. The topological polar surface area (TPSA) is 12.9 Å². The number of rotatable bonds is 1. The fraction of sp³-hybridized carbons (Fsp3) is 0.154. The normalized spacial score (nSPS) is 10.1. The molecule has 0 bridgehead atoms. The van der Waals surface area contributed by atoms with Gasteiger partial charge in [-0.15, -0.1) is 0 Å². The van der Waals surface area contributed by atoms with Gasteiger partial charge in [-0.3, -0.25) is 4.98 Å². The summed E-state index contributed by atoms with van der Waals surface area (Å²) in [7, 11) is 0. The van der Waals surface area contributed by atoms with Crippen molar-refractivity contribution in [1.82, 2.24) is 4.98 Å². The minimum Gasteiger partial charge on any atom is -0.254 e. The molecule has 0 spiro atoms. The Morgan fingerprint density at radius 2 is 1.71 bits per heavy atom. The molecule has 0 unspecified atom stereocenters. The molecule has 0 N–H and O–H groups in total. The van der Waals surface area contributed by atoms with Crippen molar-refractivity contribution in [3.05, 3.63) is 53.9 Å². The molecule has 69 valence electrons. The van der Waals surface area contributed by atoms with E-state index in [9.17, 15) is 0 Å². The van der Waals surface area contributed by atoms with Crippen LogP contribution in [-0.2, 0) is 0 Å². The van der Waals surface area contributed by atoms with Crippen LogP contribution in [0.1, 0.15) is 11.1 Å². The molecule has 2 rings (SSSR count). The molecule has 2 aromatic rings. The quantitative estimate of drug-likeness (QED) is 0.660. The summed E-state index contributed by atoms with van der Waals surface area (Å²) in [5.41, 5.74) is 4.94. The highest BCUT2D eigenvalue weighted by atomic mass is 14.6. The first kappa shape index (κ1) is 8.95. The van der Waals surface area contributed by atoms with E-state index >= 15 is 0 Å². The third-order valence-corrected chi connectivity index (χ3v) is 2.17. The smallest absolute Gasteiger partial charge is 0.0886 e. The van der Waals surface area contributed by atoms with E-state index in [2.05, 4.69) is 43.2 Å². The van der Waals surface area contributed by atoms with E-state index in [0.717, 1.165) is 5.56 Å². The second-order valence-electron chi connectivity index (χ2n) is 3.55. The van der Waals surface area contributed by atoms with Gasteiger partial charge in [0, 0.05) is 11.8 Å². The summed E-state index contributed by atoms with van der Waals surface area (Å²) in [5, 5.41) is 0. The van der Waals surface area contributed by atoms with E-state index < -0.39 is 0 Å². The lowest BCUT2D eigenvalue weighted by Gasteiger charge is -2.03.